The van der Waals surface area contributed by atoms with Crippen LogP contribution in [-0.2, 0) is 9.53 Å². The van der Waals surface area contributed by atoms with Crippen LogP contribution in [0.5, 0.6) is 0 Å². The van der Waals surface area contributed by atoms with Crippen molar-refractivity contribution in [3.8, 4) is 0 Å². The van der Waals surface area contributed by atoms with E-state index in [0.717, 1.165) is 12.0 Å². The summed E-state index contributed by atoms with van der Waals surface area (Å²) >= 11 is 0. The van der Waals surface area contributed by atoms with Crippen molar-refractivity contribution in [3.05, 3.63) is 36.3 Å². The van der Waals surface area contributed by atoms with Crippen LogP contribution in [0.1, 0.15) is 27.2 Å². The van der Waals surface area contributed by atoms with Crippen LogP contribution >= 0.6 is 0 Å². The molecule has 1 aliphatic heterocycles. The molecule has 0 saturated carbocycles. The second-order valence-corrected chi connectivity index (χ2v) is 2.83. The van der Waals surface area contributed by atoms with Gasteiger partial charge >= 0.3 is 0 Å². The van der Waals surface area contributed by atoms with Crippen LogP contribution in [0.2, 0.25) is 0 Å². The van der Waals surface area contributed by atoms with Crippen LogP contribution in [0.3, 0.4) is 0 Å². The minimum atomic E-state index is -0.150. The van der Waals surface area contributed by atoms with Gasteiger partial charge in [0, 0.05) is 0 Å². The van der Waals surface area contributed by atoms with E-state index in [1.807, 2.05) is 20.8 Å². The van der Waals surface area contributed by atoms with Gasteiger partial charge in [0.25, 0.3) is 5.91 Å². The van der Waals surface area contributed by atoms with E-state index in [1.54, 1.807) is 6.08 Å². The molecule has 0 radical (unpaired) electrons. The average Bonchev–Trinajstić information content (AvgIpc) is 2.26. The van der Waals surface area contributed by atoms with Crippen LogP contribution in [0, 0.1) is 0 Å². The zero-order valence-electron chi connectivity index (χ0n) is 9.72. The molecule has 0 aliphatic carbocycles. The van der Waals surface area contributed by atoms with E-state index >= 15 is 0 Å². The number of morpholine rings is 1. The number of nitrogens with one attached hydrogen (secondary N) is 1. The van der Waals surface area contributed by atoms with E-state index in [0.29, 0.717) is 11.5 Å². The van der Waals surface area contributed by atoms with Gasteiger partial charge < -0.3 is 10.1 Å². The van der Waals surface area contributed by atoms with Crippen LogP contribution < -0.4 is 5.32 Å². The Labute approximate surface area is 91.5 Å². The van der Waals surface area contributed by atoms with Gasteiger partial charge in [0.15, 0.2) is 6.61 Å². The third kappa shape index (κ3) is 4.49. The van der Waals surface area contributed by atoms with Crippen LogP contribution in [0.25, 0.3) is 0 Å². The molecule has 0 aromatic carbocycles. The number of carbonyl (C=O) groups is 1. The lowest BCUT2D eigenvalue weighted by Crippen LogP contribution is -2.33. The van der Waals surface area contributed by atoms with Gasteiger partial charge in [-0.2, -0.15) is 0 Å². The highest BCUT2D eigenvalue weighted by molar-refractivity contribution is 5.81. The van der Waals surface area contributed by atoms with E-state index in [4.69, 9.17) is 4.74 Å². The molecule has 1 saturated heterocycles. The fraction of sp³-hybridized carbons (Fsp3) is 0.417. The van der Waals surface area contributed by atoms with Crippen LogP contribution in [0.15, 0.2) is 36.3 Å². The normalized spacial score (nSPS) is 17.4. The Morgan fingerprint density at radius 3 is 2.73 bits per heavy atom. The van der Waals surface area contributed by atoms with Gasteiger partial charge in [-0.05, 0) is 12.5 Å². The molecule has 0 atom stereocenters. The molecule has 0 aromatic rings. The summed E-state index contributed by atoms with van der Waals surface area (Å²) in [6.45, 7) is 13.5. The summed E-state index contributed by atoms with van der Waals surface area (Å²) in [6.07, 6.45) is 2.62. The molecule has 1 aliphatic rings. The Morgan fingerprint density at radius 2 is 2.20 bits per heavy atom. The third-order valence-corrected chi connectivity index (χ3v) is 1.75. The molecule has 0 aromatic heterocycles. The highest BCUT2D eigenvalue weighted by atomic mass is 16.5. The van der Waals surface area contributed by atoms with Crippen molar-refractivity contribution in [3.63, 3.8) is 0 Å². The number of allylic oxidation sites excluding steroid dienone is 2. The quantitative estimate of drug-likeness (QED) is 0.759. The lowest BCUT2D eigenvalue weighted by atomic mass is 10.2. The molecule has 1 fully saturated rings. The summed E-state index contributed by atoms with van der Waals surface area (Å²) in [5.74, 6) is 0.344. The van der Waals surface area contributed by atoms with Gasteiger partial charge in [0.2, 0.25) is 0 Å². The van der Waals surface area contributed by atoms with Gasteiger partial charge in [0.05, 0.1) is 5.70 Å². The second-order valence-electron chi connectivity index (χ2n) is 2.83. The Hall–Kier alpha value is -1.51. The summed E-state index contributed by atoms with van der Waals surface area (Å²) in [5, 5.41) is 2.67. The van der Waals surface area contributed by atoms with Crippen molar-refractivity contribution in [2.75, 3.05) is 6.61 Å². The SMILES string of the molecule is C=C(/C=C1/NC(=O)COC1=C)CC.CC. The first-order valence-corrected chi connectivity index (χ1v) is 5.15. The minimum absolute atomic E-state index is 0.0504. The molecule has 84 valence electrons. The molecular formula is C12H19NO2. The molecular weight excluding hydrogens is 190 g/mol. The van der Waals surface area contributed by atoms with Crippen LogP contribution in [0.4, 0.5) is 0 Å². The lowest BCUT2D eigenvalue weighted by molar-refractivity contribution is -0.125. The monoisotopic (exact) mass is 209 g/mol. The third-order valence-electron chi connectivity index (χ3n) is 1.75. The number of hydrogen-bond acceptors (Lipinski definition) is 2. The van der Waals surface area contributed by atoms with Gasteiger partial charge in [-0.15, -0.1) is 0 Å². The van der Waals surface area contributed by atoms with Gasteiger partial charge in [0.1, 0.15) is 5.76 Å². The maximum absolute atomic E-state index is 10.9. The molecule has 0 spiro atoms. The molecule has 15 heavy (non-hydrogen) atoms. The minimum Gasteiger partial charge on any atom is -0.482 e. The molecule has 1 N–H and O–H groups in total. The Bertz CT molecular complexity index is 290. The fourth-order valence-corrected chi connectivity index (χ4v) is 0.909. The first kappa shape index (κ1) is 13.5. The molecule has 1 amide bonds. The van der Waals surface area contributed by atoms with Crippen molar-refractivity contribution in [2.24, 2.45) is 0 Å². The zero-order valence-corrected chi connectivity index (χ0v) is 9.72. The fourth-order valence-electron chi connectivity index (χ4n) is 0.909. The first-order chi connectivity index (χ1) is 7.13. The van der Waals surface area contributed by atoms with Gasteiger partial charge in [-0.3, -0.25) is 4.79 Å². The van der Waals surface area contributed by atoms with Crippen molar-refractivity contribution in [1.29, 1.82) is 0 Å². The van der Waals surface area contributed by atoms with E-state index < -0.39 is 0 Å². The second kappa shape index (κ2) is 6.87. The van der Waals surface area contributed by atoms with Crippen molar-refractivity contribution in [1.82, 2.24) is 5.32 Å². The van der Waals surface area contributed by atoms with E-state index in [-0.39, 0.29) is 12.5 Å². The zero-order chi connectivity index (χ0) is 11.8. The largest absolute Gasteiger partial charge is 0.482 e. The van der Waals surface area contributed by atoms with E-state index in [9.17, 15) is 4.79 Å². The summed E-state index contributed by atoms with van der Waals surface area (Å²) in [6, 6.07) is 0. The van der Waals surface area contributed by atoms with E-state index in [1.165, 1.54) is 0 Å². The van der Waals surface area contributed by atoms with E-state index in [2.05, 4.69) is 18.5 Å². The highest BCUT2D eigenvalue weighted by Crippen LogP contribution is 2.13. The number of amides is 1. The summed E-state index contributed by atoms with van der Waals surface area (Å²) in [5.41, 5.74) is 1.55. The molecule has 3 heteroatoms. The van der Waals surface area contributed by atoms with Crippen molar-refractivity contribution < 1.29 is 9.53 Å². The number of hydrogen-bond donors (Lipinski definition) is 1. The Balaban J connectivity index is 0.000000921. The first-order valence-electron chi connectivity index (χ1n) is 5.15. The molecule has 3 nitrogen and oxygen atoms in total. The number of ether oxygens (including phenoxy) is 1. The summed E-state index contributed by atoms with van der Waals surface area (Å²) in [7, 11) is 0. The lowest BCUT2D eigenvalue weighted by Gasteiger charge is -2.19. The van der Waals surface area contributed by atoms with Crippen molar-refractivity contribution in [2.45, 2.75) is 27.2 Å². The van der Waals surface area contributed by atoms with Crippen LogP contribution in [-0.4, -0.2) is 12.5 Å². The van der Waals surface area contributed by atoms with Gasteiger partial charge in [-0.25, -0.2) is 0 Å². The average molecular weight is 209 g/mol. The number of rotatable bonds is 2. The van der Waals surface area contributed by atoms with Crippen molar-refractivity contribution >= 4 is 5.91 Å². The predicted molar refractivity (Wildman–Crippen MR) is 62.1 cm³/mol. The summed E-state index contributed by atoms with van der Waals surface area (Å²) in [4.78, 5) is 10.9. The molecule has 1 rings (SSSR count). The van der Waals surface area contributed by atoms with Gasteiger partial charge in [-0.1, -0.05) is 39.5 Å². The predicted octanol–water partition coefficient (Wildman–Crippen LogP) is 2.52. The Kier molecular flexibility index (Phi) is 6.18. The maximum Gasteiger partial charge on any atom is 0.262 e. The standard InChI is InChI=1S/C10H13NO2.C2H6/c1-4-7(2)5-9-8(3)13-6-10(12)11-9;1-2/h5H,2-4,6H2,1H3,(H,11,12);1-2H3/b9-5+;. The Morgan fingerprint density at radius 1 is 1.60 bits per heavy atom. The summed E-state index contributed by atoms with van der Waals surface area (Å²) < 4.78 is 5.03. The number of carbonyl (C=O) groups excluding carboxylic acids is 1. The molecule has 1 heterocycles. The maximum atomic E-state index is 10.9. The molecule has 0 unspecified atom stereocenters. The molecule has 0 bridgehead atoms. The highest BCUT2D eigenvalue weighted by Gasteiger charge is 2.16. The smallest absolute Gasteiger partial charge is 0.262 e. The topological polar surface area (TPSA) is 38.3 Å².